The average molecular weight is 320 g/mol. The van der Waals surface area contributed by atoms with E-state index in [4.69, 9.17) is 0 Å². The van der Waals surface area contributed by atoms with Gasteiger partial charge in [-0.3, -0.25) is 0 Å². The first-order chi connectivity index (χ1) is 11.6. The molecule has 118 valence electrons. The molecule has 0 aromatic heterocycles. The Kier molecular flexibility index (Phi) is 3.02. The van der Waals surface area contributed by atoms with Crippen LogP contribution in [0, 0.1) is 34.3 Å². The molecule has 4 heteroatoms. The van der Waals surface area contributed by atoms with Gasteiger partial charge in [-0.25, -0.2) is 8.78 Å². The molecule has 0 unspecified atom stereocenters. The zero-order chi connectivity index (χ0) is 16.9. The summed E-state index contributed by atoms with van der Waals surface area (Å²) < 4.78 is 29.5. The Morgan fingerprint density at radius 3 is 2.04 bits per heavy atom. The molecule has 2 saturated carbocycles. The number of benzene rings is 2. The first kappa shape index (κ1) is 14.8. The van der Waals surface area contributed by atoms with Crippen LogP contribution in [0.2, 0.25) is 0 Å². The lowest BCUT2D eigenvalue weighted by molar-refractivity contribution is 0.596. The van der Waals surface area contributed by atoms with Gasteiger partial charge in [0.25, 0.3) is 0 Å². The van der Waals surface area contributed by atoms with Crippen molar-refractivity contribution in [2.24, 2.45) is 0 Å². The topological polar surface area (TPSA) is 47.6 Å². The van der Waals surface area contributed by atoms with E-state index in [1.54, 1.807) is 18.2 Å². The van der Waals surface area contributed by atoms with Crippen LogP contribution in [0.1, 0.15) is 36.8 Å². The average Bonchev–Trinajstić information content (AvgIpc) is 3.50. The van der Waals surface area contributed by atoms with Crippen molar-refractivity contribution in [3.8, 4) is 23.3 Å². The van der Waals surface area contributed by atoms with E-state index in [1.165, 1.54) is 18.2 Å². The van der Waals surface area contributed by atoms with Crippen molar-refractivity contribution >= 4 is 0 Å². The maximum atomic E-state index is 14.9. The van der Waals surface area contributed by atoms with Crippen molar-refractivity contribution in [1.82, 2.24) is 0 Å². The minimum Gasteiger partial charge on any atom is -0.206 e. The van der Waals surface area contributed by atoms with Gasteiger partial charge in [-0.05, 0) is 37.3 Å². The molecule has 0 amide bonds. The SMILES string of the molecule is N#CC1(c2ccc(-c3cccc(C4(C#N)CC4)c3F)c(F)c2)CC1. The lowest BCUT2D eigenvalue weighted by Gasteiger charge is -2.14. The molecule has 0 saturated heterocycles. The molecule has 2 aliphatic carbocycles. The molecular formula is C20H14F2N2. The van der Waals surface area contributed by atoms with Crippen molar-refractivity contribution < 1.29 is 8.78 Å². The van der Waals surface area contributed by atoms with E-state index in [-0.39, 0.29) is 11.1 Å². The zero-order valence-electron chi connectivity index (χ0n) is 12.9. The lowest BCUT2D eigenvalue weighted by atomic mass is 9.91. The van der Waals surface area contributed by atoms with Crippen LogP contribution >= 0.6 is 0 Å². The van der Waals surface area contributed by atoms with Gasteiger partial charge in [-0.1, -0.05) is 30.3 Å². The van der Waals surface area contributed by atoms with Crippen LogP contribution in [0.4, 0.5) is 8.78 Å². The van der Waals surface area contributed by atoms with Gasteiger partial charge in [0.05, 0.1) is 23.0 Å². The number of hydrogen-bond acceptors (Lipinski definition) is 2. The summed E-state index contributed by atoms with van der Waals surface area (Å²) in [6.45, 7) is 0. The zero-order valence-corrected chi connectivity index (χ0v) is 12.9. The molecule has 0 N–H and O–H groups in total. The van der Waals surface area contributed by atoms with E-state index in [1.807, 2.05) is 0 Å². The summed E-state index contributed by atoms with van der Waals surface area (Å²) in [5.41, 5.74) is 0.00855. The molecule has 4 rings (SSSR count). The number of nitrogens with zero attached hydrogens (tertiary/aromatic N) is 2. The van der Waals surface area contributed by atoms with Gasteiger partial charge >= 0.3 is 0 Å². The highest BCUT2D eigenvalue weighted by atomic mass is 19.1. The molecule has 0 atom stereocenters. The van der Waals surface area contributed by atoms with Crippen molar-refractivity contribution in [2.75, 3.05) is 0 Å². The predicted octanol–water partition coefficient (Wildman–Crippen LogP) is 4.74. The monoisotopic (exact) mass is 320 g/mol. The number of halogens is 2. The molecule has 0 aliphatic heterocycles. The van der Waals surface area contributed by atoms with Gasteiger partial charge in [-0.15, -0.1) is 0 Å². The molecule has 2 nitrogen and oxygen atoms in total. The minimum absolute atomic E-state index is 0.167. The minimum atomic E-state index is -0.755. The second-order valence-electron chi connectivity index (χ2n) is 6.75. The molecule has 2 aromatic carbocycles. The lowest BCUT2D eigenvalue weighted by Crippen LogP contribution is -2.07. The van der Waals surface area contributed by atoms with Gasteiger partial charge in [0.15, 0.2) is 0 Å². The van der Waals surface area contributed by atoms with Crippen LogP contribution in [0.5, 0.6) is 0 Å². The Bertz CT molecular complexity index is 926. The van der Waals surface area contributed by atoms with Crippen molar-refractivity contribution in [3.05, 3.63) is 59.2 Å². The fourth-order valence-electron chi connectivity index (χ4n) is 3.30. The highest BCUT2D eigenvalue weighted by Crippen LogP contribution is 2.50. The standard InChI is InChI=1S/C20H14F2N2/c21-17-10-13(19(11-23)6-7-19)4-5-14(17)15-2-1-3-16(18(15)22)20(12-24)8-9-20/h1-5,10H,6-9H2. The van der Waals surface area contributed by atoms with E-state index in [0.717, 1.165) is 12.8 Å². The second kappa shape index (κ2) is 4.89. The maximum absolute atomic E-state index is 14.9. The maximum Gasteiger partial charge on any atom is 0.135 e. The third-order valence-corrected chi connectivity index (χ3v) is 5.25. The fourth-order valence-corrected chi connectivity index (χ4v) is 3.30. The molecular weight excluding hydrogens is 306 g/mol. The number of hydrogen-bond donors (Lipinski definition) is 0. The van der Waals surface area contributed by atoms with Gasteiger partial charge in [0.1, 0.15) is 11.6 Å². The van der Waals surface area contributed by atoms with Gasteiger partial charge in [0.2, 0.25) is 0 Å². The first-order valence-corrected chi connectivity index (χ1v) is 7.97. The Hall–Kier alpha value is -2.72. The van der Waals surface area contributed by atoms with Crippen LogP contribution in [-0.2, 0) is 10.8 Å². The molecule has 2 aromatic rings. The third kappa shape index (κ3) is 2.03. The van der Waals surface area contributed by atoms with Crippen LogP contribution in [0.15, 0.2) is 36.4 Å². The van der Waals surface area contributed by atoms with Crippen molar-refractivity contribution in [2.45, 2.75) is 36.5 Å². The summed E-state index contributed by atoms with van der Waals surface area (Å²) >= 11 is 0. The fraction of sp³-hybridized carbons (Fsp3) is 0.300. The molecule has 0 heterocycles. The first-order valence-electron chi connectivity index (χ1n) is 7.97. The normalized spacial score (nSPS) is 19.2. The Morgan fingerprint density at radius 1 is 0.833 bits per heavy atom. The molecule has 2 fully saturated rings. The largest absolute Gasteiger partial charge is 0.206 e. The molecule has 2 aliphatic rings. The summed E-state index contributed by atoms with van der Waals surface area (Å²) in [7, 11) is 0. The molecule has 24 heavy (non-hydrogen) atoms. The van der Waals surface area contributed by atoms with E-state index in [2.05, 4.69) is 12.1 Å². The van der Waals surface area contributed by atoms with E-state index in [9.17, 15) is 19.3 Å². The van der Waals surface area contributed by atoms with Gasteiger partial charge in [-0.2, -0.15) is 10.5 Å². The predicted molar refractivity (Wildman–Crippen MR) is 84.8 cm³/mol. The van der Waals surface area contributed by atoms with E-state index >= 15 is 0 Å². The van der Waals surface area contributed by atoms with Gasteiger partial charge in [0, 0.05) is 16.7 Å². The smallest absolute Gasteiger partial charge is 0.135 e. The summed E-state index contributed by atoms with van der Waals surface area (Å²) in [5, 5.41) is 18.5. The highest BCUT2D eigenvalue weighted by Gasteiger charge is 2.47. The second-order valence-corrected chi connectivity index (χ2v) is 6.75. The van der Waals surface area contributed by atoms with E-state index in [0.29, 0.717) is 24.0 Å². The summed E-state index contributed by atoms with van der Waals surface area (Å²) in [4.78, 5) is 0. The van der Waals surface area contributed by atoms with Crippen LogP contribution in [0.25, 0.3) is 11.1 Å². The quantitative estimate of drug-likeness (QED) is 0.820. The summed E-state index contributed by atoms with van der Waals surface area (Å²) in [6.07, 6.45) is 2.74. The number of nitriles is 2. The molecule has 0 radical (unpaired) electrons. The summed E-state index contributed by atoms with van der Waals surface area (Å²) in [5.74, 6) is -1.06. The Balaban J connectivity index is 1.79. The molecule has 0 bridgehead atoms. The van der Waals surface area contributed by atoms with E-state index < -0.39 is 22.5 Å². The number of rotatable bonds is 3. The van der Waals surface area contributed by atoms with Crippen LogP contribution in [-0.4, -0.2) is 0 Å². The summed E-state index contributed by atoms with van der Waals surface area (Å²) in [6, 6.07) is 13.8. The van der Waals surface area contributed by atoms with Crippen LogP contribution in [0.3, 0.4) is 0 Å². The Labute approximate surface area is 139 Å². The third-order valence-electron chi connectivity index (χ3n) is 5.25. The van der Waals surface area contributed by atoms with Gasteiger partial charge < -0.3 is 0 Å². The Morgan fingerprint density at radius 2 is 1.50 bits per heavy atom. The van der Waals surface area contributed by atoms with Crippen molar-refractivity contribution in [3.63, 3.8) is 0 Å². The van der Waals surface area contributed by atoms with Crippen LogP contribution < -0.4 is 0 Å². The highest BCUT2D eigenvalue weighted by molar-refractivity contribution is 5.68. The molecule has 0 spiro atoms. The van der Waals surface area contributed by atoms with Crippen molar-refractivity contribution in [1.29, 1.82) is 10.5 Å².